The van der Waals surface area contributed by atoms with Crippen molar-refractivity contribution in [3.05, 3.63) is 0 Å². The van der Waals surface area contributed by atoms with E-state index in [9.17, 15) is 0 Å². The van der Waals surface area contributed by atoms with Crippen LogP contribution in [0.3, 0.4) is 0 Å². The first-order valence-corrected chi connectivity index (χ1v) is 8.00. The second kappa shape index (κ2) is 7.43. The first kappa shape index (κ1) is 15.8. The molecule has 2 rings (SSSR count). The topological polar surface area (TPSA) is 63.2 Å². The average molecular weight is 293 g/mol. The lowest BCUT2D eigenvalue weighted by Gasteiger charge is -2.31. The van der Waals surface area contributed by atoms with Gasteiger partial charge in [0.1, 0.15) is 0 Å². The zero-order chi connectivity index (χ0) is 15.2. The zero-order valence-electron chi connectivity index (χ0n) is 13.6. The number of nitrogens with one attached hydrogen (secondary N) is 1. The molecule has 0 bridgehead atoms. The van der Waals surface area contributed by atoms with Crippen molar-refractivity contribution in [2.45, 2.75) is 53.1 Å². The van der Waals surface area contributed by atoms with Gasteiger partial charge in [0.25, 0.3) is 0 Å². The Kier molecular flexibility index (Phi) is 5.59. The molecule has 6 nitrogen and oxygen atoms in total. The molecule has 1 unspecified atom stereocenters. The van der Waals surface area contributed by atoms with Gasteiger partial charge >= 0.3 is 6.01 Å². The van der Waals surface area contributed by atoms with E-state index < -0.39 is 0 Å². The number of hydrogen-bond acceptors (Lipinski definition) is 6. The van der Waals surface area contributed by atoms with Crippen LogP contribution in [0.5, 0.6) is 6.01 Å². The third-order valence-electron chi connectivity index (χ3n) is 3.42. The van der Waals surface area contributed by atoms with Crippen LogP contribution >= 0.6 is 0 Å². The van der Waals surface area contributed by atoms with Gasteiger partial charge in [-0.2, -0.15) is 15.0 Å². The largest absolute Gasteiger partial charge is 0.461 e. The summed E-state index contributed by atoms with van der Waals surface area (Å²) in [6, 6.07) is 0.409. The monoisotopic (exact) mass is 293 g/mol. The summed E-state index contributed by atoms with van der Waals surface area (Å²) < 4.78 is 5.66. The molecular weight excluding hydrogens is 266 g/mol. The smallest absolute Gasteiger partial charge is 0.323 e. The van der Waals surface area contributed by atoms with Gasteiger partial charge in [0.2, 0.25) is 11.9 Å². The van der Waals surface area contributed by atoms with Crippen molar-refractivity contribution in [1.82, 2.24) is 15.0 Å². The van der Waals surface area contributed by atoms with Crippen molar-refractivity contribution in [2.24, 2.45) is 5.92 Å². The van der Waals surface area contributed by atoms with Crippen molar-refractivity contribution in [3.63, 3.8) is 0 Å². The van der Waals surface area contributed by atoms with Crippen LogP contribution < -0.4 is 15.0 Å². The van der Waals surface area contributed by atoms with E-state index in [1.54, 1.807) is 0 Å². The van der Waals surface area contributed by atoms with E-state index in [1.165, 1.54) is 12.8 Å². The van der Waals surface area contributed by atoms with Crippen LogP contribution in [0.25, 0.3) is 0 Å². The van der Waals surface area contributed by atoms with E-state index in [-0.39, 0.29) is 6.10 Å². The van der Waals surface area contributed by atoms with Gasteiger partial charge in [-0.3, -0.25) is 0 Å². The fourth-order valence-electron chi connectivity index (χ4n) is 2.44. The van der Waals surface area contributed by atoms with Gasteiger partial charge in [-0.1, -0.05) is 13.8 Å². The van der Waals surface area contributed by atoms with Gasteiger partial charge in [0.05, 0.1) is 6.10 Å². The number of ether oxygens (including phenoxy) is 1. The van der Waals surface area contributed by atoms with E-state index in [1.807, 2.05) is 13.8 Å². The van der Waals surface area contributed by atoms with Gasteiger partial charge in [-0.15, -0.1) is 0 Å². The number of anilines is 2. The Morgan fingerprint density at radius 1 is 1.33 bits per heavy atom. The Morgan fingerprint density at radius 2 is 2.14 bits per heavy atom. The van der Waals surface area contributed by atoms with Crippen molar-refractivity contribution in [1.29, 1.82) is 0 Å². The molecule has 1 aliphatic rings. The summed E-state index contributed by atoms with van der Waals surface area (Å²) in [5, 5.41) is 3.23. The van der Waals surface area contributed by atoms with Crippen LogP contribution in [0.4, 0.5) is 11.9 Å². The molecule has 0 radical (unpaired) electrons. The Morgan fingerprint density at radius 3 is 2.81 bits per heavy atom. The third-order valence-corrected chi connectivity index (χ3v) is 3.42. The molecule has 0 amide bonds. The lowest BCUT2D eigenvalue weighted by atomic mass is 10.0. The second-order valence-electron chi connectivity index (χ2n) is 6.03. The maximum absolute atomic E-state index is 5.66. The number of piperidine rings is 1. The first-order valence-electron chi connectivity index (χ1n) is 8.00. The molecule has 21 heavy (non-hydrogen) atoms. The molecule has 1 aromatic rings. The Balaban J connectivity index is 2.20. The Bertz CT molecular complexity index is 452. The molecule has 2 heterocycles. The summed E-state index contributed by atoms with van der Waals surface area (Å²) >= 11 is 0. The predicted molar refractivity (Wildman–Crippen MR) is 85.0 cm³/mol. The number of nitrogens with zero attached hydrogens (tertiary/aromatic N) is 4. The lowest BCUT2D eigenvalue weighted by Crippen LogP contribution is -2.35. The van der Waals surface area contributed by atoms with E-state index in [4.69, 9.17) is 4.74 Å². The summed E-state index contributed by atoms with van der Waals surface area (Å²) in [5.74, 6) is 2.01. The van der Waals surface area contributed by atoms with Gasteiger partial charge in [0, 0.05) is 19.6 Å². The number of hydrogen-bond donors (Lipinski definition) is 1. The quantitative estimate of drug-likeness (QED) is 0.870. The molecule has 1 aromatic heterocycles. The first-order chi connectivity index (χ1) is 10.1. The minimum absolute atomic E-state index is 0.0551. The van der Waals surface area contributed by atoms with Crippen LogP contribution in [0.2, 0.25) is 0 Å². The molecule has 0 aromatic carbocycles. The molecule has 0 aliphatic carbocycles. The molecule has 1 atom stereocenters. The summed E-state index contributed by atoms with van der Waals surface area (Å²) in [4.78, 5) is 15.6. The van der Waals surface area contributed by atoms with Crippen LogP contribution in [0.15, 0.2) is 0 Å². The fourth-order valence-corrected chi connectivity index (χ4v) is 2.44. The standard InChI is InChI=1S/C15H27N5O/c1-5-8-16-13-17-14(19-15(18-13)21-11(2)3)20-9-6-7-12(4)10-20/h11-12H,5-10H2,1-4H3,(H,16,17,18,19). The normalized spacial score (nSPS) is 18.9. The molecule has 1 fully saturated rings. The fraction of sp³-hybridized carbons (Fsp3) is 0.800. The van der Waals surface area contributed by atoms with E-state index in [0.717, 1.165) is 32.0 Å². The predicted octanol–water partition coefficient (Wildman–Crippen LogP) is 2.72. The minimum Gasteiger partial charge on any atom is -0.461 e. The maximum Gasteiger partial charge on any atom is 0.323 e. The highest BCUT2D eigenvalue weighted by Crippen LogP contribution is 2.22. The molecule has 118 valence electrons. The van der Waals surface area contributed by atoms with Crippen LogP contribution in [-0.2, 0) is 0 Å². The SMILES string of the molecule is CCCNc1nc(OC(C)C)nc(N2CCCC(C)C2)n1. The van der Waals surface area contributed by atoms with E-state index >= 15 is 0 Å². The van der Waals surface area contributed by atoms with Crippen LogP contribution in [0.1, 0.15) is 47.0 Å². The van der Waals surface area contributed by atoms with Crippen molar-refractivity contribution in [2.75, 3.05) is 29.9 Å². The summed E-state index contributed by atoms with van der Waals surface area (Å²) in [7, 11) is 0. The van der Waals surface area contributed by atoms with E-state index in [2.05, 4.69) is 39.0 Å². The van der Waals surface area contributed by atoms with Gasteiger partial charge in [-0.25, -0.2) is 0 Å². The van der Waals surface area contributed by atoms with Crippen molar-refractivity contribution >= 4 is 11.9 Å². The third kappa shape index (κ3) is 4.72. The summed E-state index contributed by atoms with van der Waals surface area (Å²) in [5.41, 5.74) is 0. The molecule has 6 heteroatoms. The maximum atomic E-state index is 5.66. The molecular formula is C15H27N5O. The molecule has 0 saturated carbocycles. The Hall–Kier alpha value is -1.59. The number of aromatic nitrogens is 3. The van der Waals surface area contributed by atoms with Crippen LogP contribution in [0, 0.1) is 5.92 Å². The van der Waals surface area contributed by atoms with Crippen molar-refractivity contribution < 1.29 is 4.74 Å². The zero-order valence-corrected chi connectivity index (χ0v) is 13.6. The highest BCUT2D eigenvalue weighted by atomic mass is 16.5. The highest BCUT2D eigenvalue weighted by Gasteiger charge is 2.20. The molecule has 1 N–H and O–H groups in total. The van der Waals surface area contributed by atoms with Gasteiger partial charge < -0.3 is 15.0 Å². The minimum atomic E-state index is 0.0551. The summed E-state index contributed by atoms with van der Waals surface area (Å²) in [6.45, 7) is 11.2. The Labute approximate surface area is 127 Å². The molecule has 1 aliphatic heterocycles. The highest BCUT2D eigenvalue weighted by molar-refractivity contribution is 5.38. The second-order valence-corrected chi connectivity index (χ2v) is 6.03. The molecule has 0 spiro atoms. The lowest BCUT2D eigenvalue weighted by molar-refractivity contribution is 0.222. The summed E-state index contributed by atoms with van der Waals surface area (Å²) in [6.07, 6.45) is 3.55. The number of rotatable bonds is 6. The van der Waals surface area contributed by atoms with Crippen LogP contribution in [-0.4, -0.2) is 40.7 Å². The van der Waals surface area contributed by atoms with Crippen molar-refractivity contribution in [3.8, 4) is 6.01 Å². The average Bonchev–Trinajstić information content (AvgIpc) is 2.44. The molecule has 1 saturated heterocycles. The van der Waals surface area contributed by atoms with Gasteiger partial charge in [-0.05, 0) is 39.0 Å². The van der Waals surface area contributed by atoms with Gasteiger partial charge in [0.15, 0.2) is 0 Å². The van der Waals surface area contributed by atoms with E-state index in [0.29, 0.717) is 17.9 Å².